The zero-order valence-corrected chi connectivity index (χ0v) is 11.2. The van der Waals surface area contributed by atoms with Crippen LogP contribution in [0.2, 0.25) is 5.15 Å². The van der Waals surface area contributed by atoms with Crippen LogP contribution in [0.4, 0.5) is 0 Å². The SMILES string of the molecule is CCc1ccc(-c2cc(Cl)nc(COC)n2)cc1. The second-order valence-electron chi connectivity index (χ2n) is 3.98. The number of hydrogen-bond donors (Lipinski definition) is 0. The second kappa shape index (κ2) is 5.94. The fraction of sp³-hybridized carbons (Fsp3) is 0.286. The van der Waals surface area contributed by atoms with Gasteiger partial charge in [-0.1, -0.05) is 42.8 Å². The minimum absolute atomic E-state index is 0.362. The highest BCUT2D eigenvalue weighted by Crippen LogP contribution is 2.20. The van der Waals surface area contributed by atoms with Crippen LogP contribution in [0.25, 0.3) is 11.3 Å². The summed E-state index contributed by atoms with van der Waals surface area (Å²) < 4.78 is 5.03. The molecule has 0 aliphatic carbocycles. The molecule has 2 rings (SSSR count). The molecule has 0 fully saturated rings. The average Bonchev–Trinajstić information content (AvgIpc) is 2.38. The first kappa shape index (κ1) is 13.0. The van der Waals surface area contributed by atoms with E-state index in [2.05, 4.69) is 29.0 Å². The molecule has 18 heavy (non-hydrogen) atoms. The molecule has 1 heterocycles. The van der Waals surface area contributed by atoms with Crippen molar-refractivity contribution in [1.29, 1.82) is 0 Å². The molecular weight excluding hydrogens is 248 g/mol. The summed E-state index contributed by atoms with van der Waals surface area (Å²) in [5.74, 6) is 0.597. The summed E-state index contributed by atoms with van der Waals surface area (Å²) in [6, 6.07) is 10.1. The molecule has 2 aromatic rings. The molecule has 0 radical (unpaired) electrons. The van der Waals surface area contributed by atoms with Crippen LogP contribution < -0.4 is 0 Å². The van der Waals surface area contributed by atoms with E-state index in [9.17, 15) is 0 Å². The fourth-order valence-electron chi connectivity index (χ4n) is 1.72. The number of aryl methyl sites for hydroxylation is 1. The summed E-state index contributed by atoms with van der Waals surface area (Å²) in [6.07, 6.45) is 1.03. The maximum Gasteiger partial charge on any atom is 0.156 e. The lowest BCUT2D eigenvalue weighted by Gasteiger charge is -2.05. The first-order valence-electron chi connectivity index (χ1n) is 5.84. The molecule has 0 aliphatic rings. The van der Waals surface area contributed by atoms with Crippen LogP contribution >= 0.6 is 11.6 Å². The Labute approximate surface area is 112 Å². The van der Waals surface area contributed by atoms with Gasteiger partial charge in [0, 0.05) is 18.7 Å². The van der Waals surface area contributed by atoms with Gasteiger partial charge in [0.25, 0.3) is 0 Å². The Balaban J connectivity index is 2.36. The molecule has 0 amide bonds. The predicted octanol–water partition coefficient (Wildman–Crippen LogP) is 3.51. The molecule has 0 aliphatic heterocycles. The Morgan fingerprint density at radius 3 is 2.50 bits per heavy atom. The minimum atomic E-state index is 0.362. The Hall–Kier alpha value is -1.45. The first-order chi connectivity index (χ1) is 8.72. The quantitative estimate of drug-likeness (QED) is 0.791. The highest BCUT2D eigenvalue weighted by Gasteiger charge is 2.05. The summed E-state index contributed by atoms with van der Waals surface area (Å²) >= 11 is 5.99. The summed E-state index contributed by atoms with van der Waals surface area (Å²) in [5.41, 5.74) is 3.16. The third-order valence-corrected chi connectivity index (χ3v) is 2.87. The minimum Gasteiger partial charge on any atom is -0.377 e. The maximum atomic E-state index is 5.99. The van der Waals surface area contributed by atoms with Crippen LogP contribution in [0.15, 0.2) is 30.3 Å². The van der Waals surface area contributed by atoms with Crippen LogP contribution in [-0.2, 0) is 17.8 Å². The van der Waals surface area contributed by atoms with Crippen molar-refractivity contribution in [3.05, 3.63) is 46.9 Å². The maximum absolute atomic E-state index is 5.99. The van der Waals surface area contributed by atoms with Crippen LogP contribution in [0.1, 0.15) is 18.3 Å². The number of halogens is 1. The van der Waals surface area contributed by atoms with Gasteiger partial charge in [-0.3, -0.25) is 0 Å². The normalized spacial score (nSPS) is 10.6. The van der Waals surface area contributed by atoms with Gasteiger partial charge in [-0.25, -0.2) is 9.97 Å². The van der Waals surface area contributed by atoms with Gasteiger partial charge in [-0.15, -0.1) is 0 Å². The van der Waals surface area contributed by atoms with Crippen LogP contribution in [0.5, 0.6) is 0 Å². The molecule has 1 aromatic heterocycles. The molecule has 3 nitrogen and oxygen atoms in total. The molecule has 0 saturated carbocycles. The summed E-state index contributed by atoms with van der Waals surface area (Å²) in [6.45, 7) is 2.49. The van der Waals surface area contributed by atoms with E-state index >= 15 is 0 Å². The van der Waals surface area contributed by atoms with Crippen molar-refractivity contribution in [2.45, 2.75) is 20.0 Å². The van der Waals surface area contributed by atoms with Crippen LogP contribution in [0, 0.1) is 0 Å². The molecule has 0 saturated heterocycles. The number of rotatable bonds is 4. The molecule has 0 bridgehead atoms. The van der Waals surface area contributed by atoms with Crippen molar-refractivity contribution < 1.29 is 4.74 Å². The van der Waals surface area contributed by atoms with E-state index < -0.39 is 0 Å². The van der Waals surface area contributed by atoms with Gasteiger partial charge in [0.15, 0.2) is 5.82 Å². The summed E-state index contributed by atoms with van der Waals surface area (Å²) in [4.78, 5) is 8.54. The van der Waals surface area contributed by atoms with Crippen molar-refractivity contribution in [3.8, 4) is 11.3 Å². The standard InChI is InChI=1S/C14H15ClN2O/c1-3-10-4-6-11(7-5-10)12-8-13(15)17-14(16-12)9-18-2/h4-8H,3,9H2,1-2H3. The van der Waals surface area contributed by atoms with E-state index in [4.69, 9.17) is 16.3 Å². The van der Waals surface area contributed by atoms with Crippen molar-refractivity contribution in [2.75, 3.05) is 7.11 Å². The molecule has 0 unspecified atom stereocenters. The van der Waals surface area contributed by atoms with Crippen molar-refractivity contribution in [1.82, 2.24) is 9.97 Å². The number of ether oxygens (including phenoxy) is 1. The van der Waals surface area contributed by atoms with Crippen molar-refractivity contribution >= 4 is 11.6 Å². The zero-order valence-electron chi connectivity index (χ0n) is 10.5. The number of nitrogens with zero attached hydrogens (tertiary/aromatic N) is 2. The molecular formula is C14H15ClN2O. The summed E-state index contributed by atoms with van der Waals surface area (Å²) in [7, 11) is 1.61. The third kappa shape index (κ3) is 3.06. The molecule has 0 N–H and O–H groups in total. The van der Waals surface area contributed by atoms with Gasteiger partial charge in [0.2, 0.25) is 0 Å². The predicted molar refractivity (Wildman–Crippen MR) is 72.6 cm³/mol. The van der Waals surface area contributed by atoms with Crippen molar-refractivity contribution in [3.63, 3.8) is 0 Å². The lowest BCUT2D eigenvalue weighted by molar-refractivity contribution is 0.178. The van der Waals surface area contributed by atoms with E-state index in [1.54, 1.807) is 13.2 Å². The van der Waals surface area contributed by atoms with E-state index in [1.165, 1.54) is 5.56 Å². The van der Waals surface area contributed by atoms with Gasteiger partial charge in [0.05, 0.1) is 5.69 Å². The van der Waals surface area contributed by atoms with Gasteiger partial charge >= 0.3 is 0 Å². The van der Waals surface area contributed by atoms with Crippen LogP contribution in [-0.4, -0.2) is 17.1 Å². The number of hydrogen-bond acceptors (Lipinski definition) is 3. The van der Waals surface area contributed by atoms with E-state index in [-0.39, 0.29) is 0 Å². The number of aromatic nitrogens is 2. The Morgan fingerprint density at radius 1 is 1.17 bits per heavy atom. The highest BCUT2D eigenvalue weighted by atomic mass is 35.5. The third-order valence-electron chi connectivity index (χ3n) is 2.67. The molecule has 0 atom stereocenters. The molecule has 0 spiro atoms. The van der Waals surface area contributed by atoms with E-state index in [1.807, 2.05) is 12.1 Å². The Bertz CT molecular complexity index is 526. The lowest BCUT2D eigenvalue weighted by atomic mass is 10.1. The van der Waals surface area contributed by atoms with Crippen LogP contribution in [0.3, 0.4) is 0 Å². The fourth-order valence-corrected chi connectivity index (χ4v) is 1.92. The number of benzene rings is 1. The number of methoxy groups -OCH3 is 1. The lowest BCUT2D eigenvalue weighted by Crippen LogP contribution is -1.98. The zero-order chi connectivity index (χ0) is 13.0. The second-order valence-corrected chi connectivity index (χ2v) is 4.36. The van der Waals surface area contributed by atoms with Crippen molar-refractivity contribution in [2.24, 2.45) is 0 Å². The highest BCUT2D eigenvalue weighted by molar-refractivity contribution is 6.29. The first-order valence-corrected chi connectivity index (χ1v) is 6.22. The van der Waals surface area contributed by atoms with E-state index in [0.29, 0.717) is 17.6 Å². The molecule has 1 aromatic carbocycles. The summed E-state index contributed by atoms with van der Waals surface area (Å²) in [5, 5.41) is 0.437. The van der Waals surface area contributed by atoms with Gasteiger partial charge in [-0.05, 0) is 12.0 Å². The van der Waals surface area contributed by atoms with E-state index in [0.717, 1.165) is 17.7 Å². The smallest absolute Gasteiger partial charge is 0.156 e. The average molecular weight is 263 g/mol. The van der Waals surface area contributed by atoms with Gasteiger partial charge in [0.1, 0.15) is 11.8 Å². The topological polar surface area (TPSA) is 35.0 Å². The molecule has 94 valence electrons. The Morgan fingerprint density at radius 2 is 1.89 bits per heavy atom. The van der Waals surface area contributed by atoms with Gasteiger partial charge in [-0.2, -0.15) is 0 Å². The Kier molecular flexibility index (Phi) is 4.28. The monoisotopic (exact) mass is 262 g/mol. The largest absolute Gasteiger partial charge is 0.377 e. The van der Waals surface area contributed by atoms with Gasteiger partial charge < -0.3 is 4.74 Å². The molecule has 4 heteroatoms.